The van der Waals surface area contributed by atoms with Crippen LogP contribution in [-0.2, 0) is 4.79 Å². The first-order valence-electron chi connectivity index (χ1n) is 6.88. The van der Waals surface area contributed by atoms with Crippen molar-refractivity contribution in [2.45, 2.75) is 63.8 Å². The number of aliphatic hydroxyl groups is 5. The Kier molecular flexibility index (Phi) is 15.8. The van der Waals surface area contributed by atoms with Crippen LogP contribution in [0.25, 0.3) is 0 Å². The zero-order valence-electron chi connectivity index (χ0n) is 12.0. The Bertz CT molecular complexity index is 213. The van der Waals surface area contributed by atoms with Gasteiger partial charge in [0.05, 0.1) is 13.2 Å². The first-order valence-corrected chi connectivity index (χ1v) is 6.88. The lowest BCUT2D eigenvalue weighted by atomic mass is 10.1. The Hall–Kier alpha value is -0.730. The van der Waals surface area contributed by atoms with Gasteiger partial charge in [-0.3, -0.25) is 4.79 Å². The van der Waals surface area contributed by atoms with Crippen LogP contribution in [0.4, 0.5) is 0 Å². The average molecular weight is 296 g/mol. The molecule has 0 heterocycles. The molecule has 122 valence electrons. The number of carbonyl (C=O) groups is 1. The van der Waals surface area contributed by atoms with Crippen molar-refractivity contribution in [3.63, 3.8) is 0 Å². The maximum absolute atomic E-state index is 10.0. The Morgan fingerprint density at radius 1 is 0.900 bits per heavy atom. The summed E-state index contributed by atoms with van der Waals surface area (Å²) < 4.78 is 0. The van der Waals surface area contributed by atoms with Gasteiger partial charge in [-0.15, -0.1) is 0 Å². The molecule has 0 rings (SSSR count). The highest BCUT2D eigenvalue weighted by molar-refractivity contribution is 5.66. The molecule has 0 spiro atoms. The van der Waals surface area contributed by atoms with Crippen LogP contribution in [0.3, 0.4) is 0 Å². The lowest BCUT2D eigenvalue weighted by Crippen LogP contribution is -2.41. The van der Waals surface area contributed by atoms with Gasteiger partial charge < -0.3 is 30.6 Å². The Labute approximate surface area is 119 Å². The van der Waals surface area contributed by atoms with Crippen LogP contribution < -0.4 is 0 Å². The third-order valence-corrected chi connectivity index (χ3v) is 2.66. The third-order valence-electron chi connectivity index (χ3n) is 2.66. The number of aliphatic hydroxyl groups excluding tert-OH is 5. The maximum atomic E-state index is 10.0. The first kappa shape index (κ1) is 21.6. The molecular weight excluding hydrogens is 268 g/mol. The summed E-state index contributed by atoms with van der Waals surface area (Å²) in [5.74, 6) is -0.670. The maximum Gasteiger partial charge on any atom is 0.303 e. The molecule has 0 fully saturated rings. The van der Waals surface area contributed by atoms with Crippen LogP contribution in [0.15, 0.2) is 0 Å². The largest absolute Gasteiger partial charge is 0.481 e. The van der Waals surface area contributed by atoms with Crippen molar-refractivity contribution in [2.75, 3.05) is 13.2 Å². The minimum Gasteiger partial charge on any atom is -0.481 e. The molecule has 7 nitrogen and oxygen atoms in total. The van der Waals surface area contributed by atoms with E-state index in [0.717, 1.165) is 12.8 Å². The molecule has 0 aromatic heterocycles. The van der Waals surface area contributed by atoms with Crippen LogP contribution in [0, 0.1) is 0 Å². The van der Waals surface area contributed by atoms with Crippen molar-refractivity contribution in [2.24, 2.45) is 0 Å². The Morgan fingerprint density at radius 3 is 1.70 bits per heavy atom. The van der Waals surface area contributed by atoms with Gasteiger partial charge in [-0.05, 0) is 6.42 Å². The number of hydrogen-bond donors (Lipinski definition) is 6. The second-order valence-electron chi connectivity index (χ2n) is 4.55. The van der Waals surface area contributed by atoms with E-state index < -0.39 is 37.5 Å². The fourth-order valence-electron chi connectivity index (χ4n) is 1.35. The molecule has 0 saturated carbocycles. The monoisotopic (exact) mass is 296 g/mol. The highest BCUT2D eigenvalue weighted by atomic mass is 16.4. The molecule has 20 heavy (non-hydrogen) atoms. The van der Waals surface area contributed by atoms with Gasteiger partial charge in [0, 0.05) is 6.42 Å². The van der Waals surface area contributed by atoms with Gasteiger partial charge in [-0.2, -0.15) is 0 Å². The standard InChI is InChI=1S/C8H16O2.C5H12O5/c1-2-3-4-5-6-7-8(9)10;6-1-3(8)5(10)4(9)2-7/h2-7H2,1H3,(H,9,10);3-10H,1-2H2/t;3-,4+,5+. The SMILES string of the molecule is CCCCCCCC(=O)O.OC[C@@H](O)[C@H](O)[C@@H](O)CO. The van der Waals surface area contributed by atoms with Gasteiger partial charge in [0.2, 0.25) is 0 Å². The van der Waals surface area contributed by atoms with Crippen molar-refractivity contribution >= 4 is 5.97 Å². The van der Waals surface area contributed by atoms with Gasteiger partial charge >= 0.3 is 5.97 Å². The summed E-state index contributed by atoms with van der Waals surface area (Å²) in [4.78, 5) is 10.0. The van der Waals surface area contributed by atoms with E-state index in [1.165, 1.54) is 19.3 Å². The molecule has 0 bridgehead atoms. The smallest absolute Gasteiger partial charge is 0.303 e. The number of unbranched alkanes of at least 4 members (excludes halogenated alkanes) is 4. The summed E-state index contributed by atoms with van der Waals surface area (Å²) >= 11 is 0. The van der Waals surface area contributed by atoms with E-state index in [1.54, 1.807) is 0 Å². The molecule has 6 N–H and O–H groups in total. The first-order chi connectivity index (χ1) is 9.40. The molecular formula is C13H28O7. The van der Waals surface area contributed by atoms with E-state index in [9.17, 15) is 4.79 Å². The van der Waals surface area contributed by atoms with Crippen LogP contribution in [0.2, 0.25) is 0 Å². The van der Waals surface area contributed by atoms with E-state index >= 15 is 0 Å². The molecule has 0 saturated heterocycles. The Morgan fingerprint density at radius 2 is 1.35 bits per heavy atom. The number of carboxylic acids is 1. The van der Waals surface area contributed by atoms with Crippen LogP contribution in [0.1, 0.15) is 45.4 Å². The van der Waals surface area contributed by atoms with Gasteiger partial charge in [0.1, 0.15) is 18.3 Å². The predicted molar refractivity (Wildman–Crippen MR) is 73.2 cm³/mol. The average Bonchev–Trinajstić information content (AvgIpc) is 2.44. The van der Waals surface area contributed by atoms with E-state index in [-0.39, 0.29) is 0 Å². The normalized spacial score (nSPS) is 14.9. The van der Waals surface area contributed by atoms with Gasteiger partial charge in [-0.1, -0.05) is 32.6 Å². The Balaban J connectivity index is 0. The summed E-state index contributed by atoms with van der Waals surface area (Å²) in [6, 6.07) is 0. The molecule has 0 aliphatic rings. The fourth-order valence-corrected chi connectivity index (χ4v) is 1.35. The number of carboxylic acid groups (broad SMARTS) is 1. The summed E-state index contributed by atoms with van der Waals surface area (Å²) in [7, 11) is 0. The fraction of sp³-hybridized carbons (Fsp3) is 0.923. The number of rotatable bonds is 10. The minimum atomic E-state index is -1.49. The number of hydrogen-bond acceptors (Lipinski definition) is 6. The topological polar surface area (TPSA) is 138 Å². The highest BCUT2D eigenvalue weighted by Crippen LogP contribution is 2.04. The summed E-state index contributed by atoms with van der Waals surface area (Å²) in [5.41, 5.74) is 0. The molecule has 0 amide bonds. The molecule has 7 heteroatoms. The molecule has 0 aromatic carbocycles. The van der Waals surface area contributed by atoms with E-state index in [0.29, 0.717) is 6.42 Å². The predicted octanol–water partition coefficient (Wildman–Crippen LogP) is -0.515. The van der Waals surface area contributed by atoms with Crippen molar-refractivity contribution in [3.05, 3.63) is 0 Å². The second-order valence-corrected chi connectivity index (χ2v) is 4.55. The minimum absolute atomic E-state index is 0.337. The molecule has 0 aliphatic heterocycles. The highest BCUT2D eigenvalue weighted by Gasteiger charge is 2.22. The van der Waals surface area contributed by atoms with E-state index in [1.807, 2.05) is 0 Å². The molecule has 0 aromatic rings. The van der Waals surface area contributed by atoms with Crippen molar-refractivity contribution in [1.29, 1.82) is 0 Å². The van der Waals surface area contributed by atoms with Gasteiger partial charge in [-0.25, -0.2) is 0 Å². The van der Waals surface area contributed by atoms with Gasteiger partial charge in [0.25, 0.3) is 0 Å². The molecule has 0 aliphatic carbocycles. The van der Waals surface area contributed by atoms with E-state index in [2.05, 4.69) is 6.92 Å². The molecule has 3 atom stereocenters. The third kappa shape index (κ3) is 13.7. The lowest BCUT2D eigenvalue weighted by molar-refractivity contribution is -0.137. The zero-order valence-corrected chi connectivity index (χ0v) is 12.0. The van der Waals surface area contributed by atoms with Crippen molar-refractivity contribution < 1.29 is 35.4 Å². The second kappa shape index (κ2) is 14.7. The summed E-state index contributed by atoms with van der Waals surface area (Å²) in [6.07, 6.45) is 1.59. The van der Waals surface area contributed by atoms with Gasteiger partial charge in [0.15, 0.2) is 0 Å². The molecule has 0 unspecified atom stereocenters. The summed E-state index contributed by atoms with van der Waals surface area (Å²) in [5, 5.41) is 50.8. The van der Waals surface area contributed by atoms with Crippen LogP contribution in [0.5, 0.6) is 0 Å². The van der Waals surface area contributed by atoms with Crippen LogP contribution in [-0.4, -0.2) is 68.1 Å². The summed E-state index contributed by atoms with van der Waals surface area (Å²) in [6.45, 7) is 0.869. The van der Waals surface area contributed by atoms with Crippen molar-refractivity contribution in [3.8, 4) is 0 Å². The molecule has 0 radical (unpaired) electrons. The quantitative estimate of drug-likeness (QED) is 0.298. The van der Waals surface area contributed by atoms with Crippen molar-refractivity contribution in [1.82, 2.24) is 0 Å². The van der Waals surface area contributed by atoms with E-state index in [4.69, 9.17) is 30.6 Å². The number of aliphatic carboxylic acids is 1. The van der Waals surface area contributed by atoms with Crippen LogP contribution >= 0.6 is 0 Å². The lowest BCUT2D eigenvalue weighted by Gasteiger charge is -2.19. The zero-order chi connectivity index (χ0) is 16.0.